The van der Waals surface area contributed by atoms with Crippen molar-refractivity contribution in [2.24, 2.45) is 0 Å². The number of benzene rings is 2. The SMILES string of the molecule is COc1ccccc1NC(=O)c1cncc(NS(=O)(=O)c2ccc(C)cc2C)c1. The average molecular weight is 411 g/mol. The van der Waals surface area contributed by atoms with E-state index >= 15 is 0 Å². The lowest BCUT2D eigenvalue weighted by Crippen LogP contribution is -2.16. The third kappa shape index (κ3) is 4.72. The second kappa shape index (κ2) is 8.32. The van der Waals surface area contributed by atoms with E-state index in [9.17, 15) is 13.2 Å². The lowest BCUT2D eigenvalue weighted by atomic mass is 10.2. The molecule has 1 aromatic heterocycles. The van der Waals surface area contributed by atoms with Crippen LogP contribution >= 0.6 is 0 Å². The Kier molecular flexibility index (Phi) is 5.84. The van der Waals surface area contributed by atoms with E-state index < -0.39 is 15.9 Å². The summed E-state index contributed by atoms with van der Waals surface area (Å²) in [6.07, 6.45) is 2.71. The molecule has 150 valence electrons. The highest BCUT2D eigenvalue weighted by Crippen LogP contribution is 2.24. The predicted octanol–water partition coefficient (Wildman–Crippen LogP) is 3.76. The second-order valence-corrected chi connectivity index (χ2v) is 8.14. The molecule has 0 atom stereocenters. The maximum Gasteiger partial charge on any atom is 0.262 e. The number of rotatable bonds is 6. The minimum atomic E-state index is -3.81. The highest BCUT2D eigenvalue weighted by molar-refractivity contribution is 7.92. The second-order valence-electron chi connectivity index (χ2n) is 6.49. The van der Waals surface area contributed by atoms with E-state index in [1.54, 1.807) is 49.4 Å². The first kappa shape index (κ1) is 20.3. The fourth-order valence-corrected chi connectivity index (χ4v) is 4.14. The predicted molar refractivity (Wildman–Crippen MR) is 112 cm³/mol. The van der Waals surface area contributed by atoms with Gasteiger partial charge in [0.1, 0.15) is 5.75 Å². The van der Waals surface area contributed by atoms with E-state index in [4.69, 9.17) is 4.74 Å². The smallest absolute Gasteiger partial charge is 0.262 e. The monoisotopic (exact) mass is 411 g/mol. The van der Waals surface area contributed by atoms with E-state index in [1.165, 1.54) is 25.6 Å². The number of sulfonamides is 1. The number of nitrogens with zero attached hydrogens (tertiary/aromatic N) is 1. The molecule has 2 N–H and O–H groups in total. The van der Waals surface area contributed by atoms with Gasteiger partial charge < -0.3 is 10.1 Å². The van der Waals surface area contributed by atoms with Crippen molar-refractivity contribution in [2.45, 2.75) is 18.7 Å². The number of para-hydroxylation sites is 2. The Morgan fingerprint density at radius 1 is 1.03 bits per heavy atom. The van der Waals surface area contributed by atoms with Gasteiger partial charge >= 0.3 is 0 Å². The van der Waals surface area contributed by atoms with Crippen molar-refractivity contribution in [1.82, 2.24) is 4.98 Å². The molecule has 29 heavy (non-hydrogen) atoms. The number of pyridine rings is 1. The summed E-state index contributed by atoms with van der Waals surface area (Å²) < 4.78 is 33.2. The molecule has 0 aliphatic rings. The molecule has 3 rings (SSSR count). The third-order valence-corrected chi connectivity index (χ3v) is 5.77. The van der Waals surface area contributed by atoms with Crippen molar-refractivity contribution in [3.05, 3.63) is 77.6 Å². The fraction of sp³-hybridized carbons (Fsp3) is 0.143. The van der Waals surface area contributed by atoms with Crippen LogP contribution in [0.4, 0.5) is 11.4 Å². The number of ether oxygens (including phenoxy) is 1. The highest BCUT2D eigenvalue weighted by atomic mass is 32.2. The van der Waals surface area contributed by atoms with Crippen molar-refractivity contribution in [2.75, 3.05) is 17.1 Å². The van der Waals surface area contributed by atoms with Crippen LogP contribution < -0.4 is 14.8 Å². The summed E-state index contributed by atoms with van der Waals surface area (Å²) in [5.74, 6) is 0.0788. The molecule has 1 heterocycles. The first-order chi connectivity index (χ1) is 13.8. The van der Waals surface area contributed by atoms with Gasteiger partial charge in [-0.1, -0.05) is 29.8 Å². The molecule has 2 aromatic carbocycles. The first-order valence-corrected chi connectivity index (χ1v) is 10.3. The number of anilines is 2. The fourth-order valence-electron chi connectivity index (χ4n) is 2.87. The molecule has 1 amide bonds. The Labute approximate surface area is 169 Å². The first-order valence-electron chi connectivity index (χ1n) is 8.79. The van der Waals surface area contributed by atoms with Gasteiger partial charge in [-0.25, -0.2) is 8.42 Å². The van der Waals surface area contributed by atoms with Crippen LogP contribution in [0.3, 0.4) is 0 Å². The molecule has 0 spiro atoms. The maximum atomic E-state index is 12.7. The van der Waals surface area contributed by atoms with Crippen molar-refractivity contribution >= 4 is 27.3 Å². The molecule has 0 unspecified atom stereocenters. The molecule has 0 fully saturated rings. The topological polar surface area (TPSA) is 97.4 Å². The van der Waals surface area contributed by atoms with E-state index in [1.807, 2.05) is 6.92 Å². The van der Waals surface area contributed by atoms with Crippen molar-refractivity contribution in [1.29, 1.82) is 0 Å². The third-order valence-electron chi connectivity index (χ3n) is 4.23. The Balaban J connectivity index is 1.83. The van der Waals surface area contributed by atoms with Crippen LogP contribution in [-0.2, 0) is 10.0 Å². The maximum absolute atomic E-state index is 12.7. The zero-order chi connectivity index (χ0) is 21.0. The molecule has 0 saturated heterocycles. The van der Waals surface area contributed by atoms with Crippen LogP contribution in [0, 0.1) is 13.8 Å². The largest absolute Gasteiger partial charge is 0.495 e. The highest BCUT2D eigenvalue weighted by Gasteiger charge is 2.18. The summed E-state index contributed by atoms with van der Waals surface area (Å²) in [4.78, 5) is 16.7. The standard InChI is InChI=1S/C21H21N3O4S/c1-14-8-9-20(15(2)10-14)29(26,27)24-17-11-16(12-22-13-17)21(25)23-18-6-4-5-7-19(18)28-3/h4-13,24H,1-3H3,(H,23,25). The van der Waals surface area contributed by atoms with E-state index in [2.05, 4.69) is 15.0 Å². The summed E-state index contributed by atoms with van der Waals surface area (Å²) in [5, 5.41) is 2.73. The van der Waals surface area contributed by atoms with Crippen LogP contribution in [0.2, 0.25) is 0 Å². The molecule has 0 aliphatic carbocycles. The van der Waals surface area contributed by atoms with Gasteiger partial charge in [-0.15, -0.1) is 0 Å². The number of nitrogens with one attached hydrogen (secondary N) is 2. The van der Waals surface area contributed by atoms with Gasteiger partial charge in [0.05, 0.1) is 35.1 Å². The van der Waals surface area contributed by atoms with Crippen LogP contribution in [0.15, 0.2) is 65.8 Å². The molecule has 0 saturated carbocycles. The quantitative estimate of drug-likeness (QED) is 0.644. The summed E-state index contributed by atoms with van der Waals surface area (Å²) in [6, 6.07) is 13.5. The average Bonchev–Trinajstić information content (AvgIpc) is 2.68. The molecule has 0 radical (unpaired) electrons. The zero-order valence-electron chi connectivity index (χ0n) is 16.3. The Morgan fingerprint density at radius 2 is 1.79 bits per heavy atom. The van der Waals surface area contributed by atoms with Crippen molar-refractivity contribution in [3.8, 4) is 5.75 Å². The minimum Gasteiger partial charge on any atom is -0.495 e. The van der Waals surface area contributed by atoms with Gasteiger partial charge in [-0.2, -0.15) is 0 Å². The molecule has 8 heteroatoms. The number of hydrogen-bond donors (Lipinski definition) is 2. The number of hydrogen-bond acceptors (Lipinski definition) is 5. The van der Waals surface area contributed by atoms with Gasteiger partial charge in [0, 0.05) is 6.20 Å². The van der Waals surface area contributed by atoms with Gasteiger partial charge in [-0.3, -0.25) is 14.5 Å². The van der Waals surface area contributed by atoms with Crippen LogP contribution in [0.25, 0.3) is 0 Å². The normalized spacial score (nSPS) is 11.0. The Hall–Kier alpha value is -3.39. The summed E-state index contributed by atoms with van der Waals surface area (Å²) >= 11 is 0. The number of amides is 1. The van der Waals surface area contributed by atoms with Crippen molar-refractivity contribution in [3.63, 3.8) is 0 Å². The van der Waals surface area contributed by atoms with Crippen LogP contribution in [0.1, 0.15) is 21.5 Å². The van der Waals surface area contributed by atoms with E-state index in [0.29, 0.717) is 17.0 Å². The number of carbonyl (C=O) groups excluding carboxylic acids is 1. The number of carbonyl (C=O) groups is 1. The lowest BCUT2D eigenvalue weighted by molar-refractivity contribution is 0.102. The lowest BCUT2D eigenvalue weighted by Gasteiger charge is -2.12. The number of aryl methyl sites for hydroxylation is 2. The number of methoxy groups -OCH3 is 1. The summed E-state index contributed by atoms with van der Waals surface area (Å²) in [7, 11) is -2.31. The summed E-state index contributed by atoms with van der Waals surface area (Å²) in [5.41, 5.74) is 2.50. The van der Waals surface area contributed by atoms with Gasteiger partial charge in [0.15, 0.2) is 0 Å². The molecule has 0 bridgehead atoms. The summed E-state index contributed by atoms with van der Waals surface area (Å²) in [6.45, 7) is 3.63. The Bertz CT molecular complexity index is 1160. The van der Waals surface area contributed by atoms with E-state index in [0.717, 1.165) is 5.56 Å². The van der Waals surface area contributed by atoms with Gasteiger partial charge in [-0.05, 0) is 43.7 Å². The molecular weight excluding hydrogens is 390 g/mol. The zero-order valence-corrected chi connectivity index (χ0v) is 17.1. The van der Waals surface area contributed by atoms with E-state index in [-0.39, 0.29) is 16.1 Å². The van der Waals surface area contributed by atoms with Crippen LogP contribution in [-0.4, -0.2) is 26.4 Å². The molecular formula is C21H21N3O4S. The molecule has 7 nitrogen and oxygen atoms in total. The van der Waals surface area contributed by atoms with Gasteiger partial charge in [0.25, 0.3) is 15.9 Å². The molecule has 0 aliphatic heterocycles. The minimum absolute atomic E-state index is 0.173. The van der Waals surface area contributed by atoms with Gasteiger partial charge in [0.2, 0.25) is 0 Å². The van der Waals surface area contributed by atoms with Crippen LogP contribution in [0.5, 0.6) is 5.75 Å². The Morgan fingerprint density at radius 3 is 2.52 bits per heavy atom. The molecule has 3 aromatic rings. The van der Waals surface area contributed by atoms with Crippen molar-refractivity contribution < 1.29 is 17.9 Å². The number of aromatic nitrogens is 1.